The van der Waals surface area contributed by atoms with Gasteiger partial charge in [0.25, 0.3) is 0 Å². The Hall–Kier alpha value is -2.95. The predicted molar refractivity (Wildman–Crippen MR) is 92.7 cm³/mol. The van der Waals surface area contributed by atoms with Gasteiger partial charge in [0.05, 0.1) is 20.3 Å². The molecule has 5 nitrogen and oxygen atoms in total. The van der Waals surface area contributed by atoms with Gasteiger partial charge in [-0.05, 0) is 35.9 Å². The molecule has 1 aliphatic heterocycles. The topological polar surface area (TPSA) is 56.8 Å². The molecule has 2 aromatic carbocycles. The maximum absolute atomic E-state index is 12.1. The lowest BCUT2D eigenvalue weighted by Crippen LogP contribution is -2.08. The van der Waals surface area contributed by atoms with Gasteiger partial charge in [-0.25, -0.2) is 0 Å². The molecule has 0 radical (unpaired) electrons. The molecule has 0 saturated carbocycles. The summed E-state index contributed by atoms with van der Waals surface area (Å²) in [5.41, 5.74) is 1.56. The molecule has 0 aromatic heterocycles. The van der Waals surface area contributed by atoms with Gasteiger partial charge in [0, 0.05) is 24.3 Å². The average Bonchev–Trinajstić information content (AvgIpc) is 2.85. The molecule has 3 rings (SSSR count). The molecule has 5 heteroatoms. The normalized spacial score (nSPS) is 13.4. The minimum absolute atomic E-state index is 0.215. The second-order valence-corrected chi connectivity index (χ2v) is 5.31. The molecule has 0 unspecified atom stereocenters. The fraction of sp³-hybridized carbons (Fsp3) is 0.211. The van der Waals surface area contributed by atoms with Crippen LogP contribution < -0.4 is 19.5 Å². The van der Waals surface area contributed by atoms with Crippen LogP contribution >= 0.6 is 0 Å². The fourth-order valence-electron chi connectivity index (χ4n) is 2.34. The highest BCUT2D eigenvalue weighted by atomic mass is 16.5. The number of amides is 1. The van der Waals surface area contributed by atoms with Gasteiger partial charge >= 0.3 is 0 Å². The Morgan fingerprint density at radius 2 is 1.96 bits per heavy atom. The van der Waals surface area contributed by atoms with Crippen molar-refractivity contribution in [2.45, 2.75) is 6.42 Å². The highest BCUT2D eigenvalue weighted by Crippen LogP contribution is 2.32. The first-order valence-corrected chi connectivity index (χ1v) is 7.77. The SMILES string of the molecule is COc1cccc(/C=C/C(=O)Nc2ccc3c(c2)OCCCO3)c1. The van der Waals surface area contributed by atoms with Crippen molar-refractivity contribution in [2.24, 2.45) is 0 Å². The number of nitrogens with one attached hydrogen (secondary N) is 1. The summed E-state index contributed by atoms with van der Waals surface area (Å²) in [6.45, 7) is 1.25. The van der Waals surface area contributed by atoms with Crippen molar-refractivity contribution in [3.63, 3.8) is 0 Å². The van der Waals surface area contributed by atoms with E-state index in [1.165, 1.54) is 6.08 Å². The van der Waals surface area contributed by atoms with E-state index in [1.54, 1.807) is 25.3 Å². The van der Waals surface area contributed by atoms with Crippen LogP contribution in [-0.4, -0.2) is 26.2 Å². The third kappa shape index (κ3) is 4.07. The zero-order chi connectivity index (χ0) is 16.8. The first-order valence-electron chi connectivity index (χ1n) is 7.77. The summed E-state index contributed by atoms with van der Waals surface area (Å²) in [7, 11) is 1.61. The van der Waals surface area contributed by atoms with Crippen LogP contribution in [0.1, 0.15) is 12.0 Å². The summed E-state index contributed by atoms with van der Waals surface area (Å²) in [5.74, 6) is 1.90. The van der Waals surface area contributed by atoms with E-state index in [-0.39, 0.29) is 5.91 Å². The first kappa shape index (κ1) is 15.9. The lowest BCUT2D eigenvalue weighted by atomic mass is 10.2. The smallest absolute Gasteiger partial charge is 0.248 e. The van der Waals surface area contributed by atoms with Crippen molar-refractivity contribution in [3.8, 4) is 17.2 Å². The monoisotopic (exact) mass is 325 g/mol. The summed E-state index contributed by atoms with van der Waals surface area (Å²) in [4.78, 5) is 12.1. The molecule has 0 spiro atoms. The van der Waals surface area contributed by atoms with E-state index in [1.807, 2.05) is 30.3 Å². The number of ether oxygens (including phenoxy) is 3. The second kappa shape index (κ2) is 7.55. The van der Waals surface area contributed by atoms with Crippen LogP contribution in [-0.2, 0) is 4.79 Å². The lowest BCUT2D eigenvalue weighted by Gasteiger charge is -2.09. The molecule has 0 fully saturated rings. The number of carbonyl (C=O) groups excluding carboxylic acids is 1. The van der Waals surface area contributed by atoms with Crippen LogP contribution in [0.3, 0.4) is 0 Å². The van der Waals surface area contributed by atoms with E-state index < -0.39 is 0 Å². The van der Waals surface area contributed by atoms with E-state index >= 15 is 0 Å². The van der Waals surface area contributed by atoms with Crippen LogP contribution in [0.15, 0.2) is 48.5 Å². The van der Waals surface area contributed by atoms with Crippen molar-refractivity contribution in [3.05, 3.63) is 54.1 Å². The van der Waals surface area contributed by atoms with Gasteiger partial charge in [-0.15, -0.1) is 0 Å². The number of methoxy groups -OCH3 is 1. The molecule has 0 aliphatic carbocycles. The summed E-state index contributed by atoms with van der Waals surface area (Å²) in [6.07, 6.45) is 4.07. The third-order valence-corrected chi connectivity index (χ3v) is 3.54. The van der Waals surface area contributed by atoms with Gasteiger partial charge in [0.1, 0.15) is 5.75 Å². The van der Waals surface area contributed by atoms with Crippen molar-refractivity contribution in [1.82, 2.24) is 0 Å². The molecule has 1 N–H and O–H groups in total. The highest BCUT2D eigenvalue weighted by molar-refractivity contribution is 6.02. The quantitative estimate of drug-likeness (QED) is 0.874. The maximum Gasteiger partial charge on any atom is 0.248 e. The standard InChI is InChI=1S/C19H19NO4/c1-22-16-5-2-4-14(12-16)6-9-19(21)20-15-7-8-17-18(13-15)24-11-3-10-23-17/h2,4-9,12-13H,3,10-11H2,1H3,(H,20,21)/b9-6+. The Morgan fingerprint density at radius 3 is 2.79 bits per heavy atom. The van der Waals surface area contributed by atoms with Crippen molar-refractivity contribution in [2.75, 3.05) is 25.6 Å². The van der Waals surface area contributed by atoms with Gasteiger partial charge in [-0.2, -0.15) is 0 Å². The predicted octanol–water partition coefficient (Wildman–Crippen LogP) is 3.51. The minimum Gasteiger partial charge on any atom is -0.497 e. The minimum atomic E-state index is -0.215. The van der Waals surface area contributed by atoms with Crippen LogP contribution in [0.5, 0.6) is 17.2 Å². The number of benzene rings is 2. The second-order valence-electron chi connectivity index (χ2n) is 5.31. The molecule has 0 atom stereocenters. The van der Waals surface area contributed by atoms with E-state index in [2.05, 4.69) is 5.32 Å². The summed E-state index contributed by atoms with van der Waals surface area (Å²) >= 11 is 0. The Morgan fingerprint density at radius 1 is 1.12 bits per heavy atom. The third-order valence-electron chi connectivity index (χ3n) is 3.54. The van der Waals surface area contributed by atoms with Crippen LogP contribution in [0.25, 0.3) is 6.08 Å². The molecule has 0 saturated heterocycles. The van der Waals surface area contributed by atoms with Crippen molar-refractivity contribution < 1.29 is 19.0 Å². The van der Waals surface area contributed by atoms with Gasteiger partial charge in [0.15, 0.2) is 11.5 Å². The molecular formula is C19H19NO4. The largest absolute Gasteiger partial charge is 0.497 e. The Kier molecular flexibility index (Phi) is 5.01. The van der Waals surface area contributed by atoms with Crippen LogP contribution in [0.2, 0.25) is 0 Å². The number of hydrogen-bond acceptors (Lipinski definition) is 4. The molecule has 1 aliphatic rings. The summed E-state index contributed by atoms with van der Waals surface area (Å²) in [5, 5.41) is 2.82. The molecule has 124 valence electrons. The summed E-state index contributed by atoms with van der Waals surface area (Å²) < 4.78 is 16.3. The van der Waals surface area contributed by atoms with E-state index in [0.29, 0.717) is 30.4 Å². The molecule has 1 amide bonds. The molecule has 1 heterocycles. The fourth-order valence-corrected chi connectivity index (χ4v) is 2.34. The van der Waals surface area contributed by atoms with Gasteiger partial charge in [-0.3, -0.25) is 4.79 Å². The zero-order valence-corrected chi connectivity index (χ0v) is 13.5. The number of hydrogen-bond donors (Lipinski definition) is 1. The number of rotatable bonds is 4. The molecule has 0 bridgehead atoms. The van der Waals surface area contributed by atoms with E-state index in [4.69, 9.17) is 14.2 Å². The Labute approximate surface area is 140 Å². The van der Waals surface area contributed by atoms with Crippen molar-refractivity contribution >= 4 is 17.7 Å². The molecular weight excluding hydrogens is 306 g/mol. The summed E-state index contributed by atoms with van der Waals surface area (Å²) in [6, 6.07) is 12.9. The number of carbonyl (C=O) groups is 1. The van der Waals surface area contributed by atoms with Gasteiger partial charge in [-0.1, -0.05) is 12.1 Å². The number of anilines is 1. The van der Waals surface area contributed by atoms with Crippen LogP contribution in [0.4, 0.5) is 5.69 Å². The molecule has 24 heavy (non-hydrogen) atoms. The van der Waals surface area contributed by atoms with E-state index in [9.17, 15) is 4.79 Å². The van der Waals surface area contributed by atoms with Crippen LogP contribution in [0, 0.1) is 0 Å². The zero-order valence-electron chi connectivity index (χ0n) is 13.5. The molecule has 2 aromatic rings. The highest BCUT2D eigenvalue weighted by Gasteiger charge is 2.11. The number of fused-ring (bicyclic) bond motifs is 1. The van der Waals surface area contributed by atoms with Gasteiger partial charge in [0.2, 0.25) is 5.91 Å². The average molecular weight is 325 g/mol. The van der Waals surface area contributed by atoms with Gasteiger partial charge < -0.3 is 19.5 Å². The Bertz CT molecular complexity index is 755. The lowest BCUT2D eigenvalue weighted by molar-refractivity contribution is -0.111. The van der Waals surface area contributed by atoms with E-state index in [0.717, 1.165) is 17.7 Å². The maximum atomic E-state index is 12.1. The first-order chi connectivity index (χ1) is 11.7. The Balaban J connectivity index is 1.66. The van der Waals surface area contributed by atoms with Crippen molar-refractivity contribution in [1.29, 1.82) is 0 Å².